The molecule has 102 valence electrons. The van der Waals surface area contributed by atoms with Crippen LogP contribution < -0.4 is 5.32 Å². The Morgan fingerprint density at radius 3 is 2.35 bits per heavy atom. The molecule has 0 aliphatic carbocycles. The van der Waals surface area contributed by atoms with Crippen LogP contribution in [0.5, 0.6) is 0 Å². The van der Waals surface area contributed by atoms with E-state index < -0.39 is 0 Å². The Bertz CT molecular complexity index is 216. The van der Waals surface area contributed by atoms with Gasteiger partial charge in [0.05, 0.1) is 0 Å². The normalized spacial score (nSPS) is 28.2. The topological polar surface area (TPSA) is 18.5 Å². The number of nitrogens with one attached hydrogen (secondary N) is 1. The molecule has 1 heterocycles. The summed E-state index contributed by atoms with van der Waals surface area (Å²) < 4.78 is 0. The van der Waals surface area contributed by atoms with E-state index in [1.165, 1.54) is 19.5 Å². The zero-order chi connectivity index (χ0) is 13.0. The predicted octanol–water partition coefficient (Wildman–Crippen LogP) is 1.64. The van der Waals surface area contributed by atoms with Gasteiger partial charge in [0.2, 0.25) is 0 Å². The summed E-state index contributed by atoms with van der Waals surface area (Å²) in [6, 6.07) is 2.02. The Kier molecular flexibility index (Phi) is 5.90. The van der Waals surface area contributed by atoms with Gasteiger partial charge in [-0.3, -0.25) is 4.90 Å². The van der Waals surface area contributed by atoms with E-state index in [1.807, 2.05) is 0 Å². The minimum absolute atomic E-state index is 0.591. The molecule has 3 nitrogen and oxygen atoms in total. The van der Waals surface area contributed by atoms with E-state index in [0.717, 1.165) is 18.5 Å². The number of nitrogens with zero attached hydrogens (tertiary/aromatic N) is 2. The summed E-state index contributed by atoms with van der Waals surface area (Å²) in [5, 5.41) is 3.58. The molecule has 1 N–H and O–H groups in total. The van der Waals surface area contributed by atoms with Crippen molar-refractivity contribution in [2.75, 3.05) is 33.7 Å². The van der Waals surface area contributed by atoms with E-state index in [2.05, 4.69) is 56.9 Å². The van der Waals surface area contributed by atoms with Gasteiger partial charge < -0.3 is 10.2 Å². The van der Waals surface area contributed by atoms with Crippen molar-refractivity contribution in [1.82, 2.24) is 15.1 Å². The Balaban J connectivity index is 2.48. The van der Waals surface area contributed by atoms with Crippen LogP contribution in [0.4, 0.5) is 0 Å². The second-order valence-corrected chi connectivity index (χ2v) is 6.09. The van der Waals surface area contributed by atoms with Gasteiger partial charge in [-0.2, -0.15) is 0 Å². The monoisotopic (exact) mass is 241 g/mol. The highest BCUT2D eigenvalue weighted by atomic mass is 15.3. The molecule has 0 amide bonds. The highest BCUT2D eigenvalue weighted by Crippen LogP contribution is 2.22. The van der Waals surface area contributed by atoms with Gasteiger partial charge in [0, 0.05) is 37.8 Å². The molecule has 0 aromatic rings. The largest absolute Gasteiger partial charge is 0.313 e. The molecule has 1 fully saturated rings. The van der Waals surface area contributed by atoms with E-state index in [9.17, 15) is 0 Å². The molecule has 0 aromatic carbocycles. The van der Waals surface area contributed by atoms with Gasteiger partial charge in [-0.15, -0.1) is 0 Å². The van der Waals surface area contributed by atoms with Crippen molar-refractivity contribution in [1.29, 1.82) is 0 Å². The highest BCUT2D eigenvalue weighted by molar-refractivity contribution is 4.90. The summed E-state index contributed by atoms with van der Waals surface area (Å²) in [6.45, 7) is 12.7. The van der Waals surface area contributed by atoms with E-state index >= 15 is 0 Å². The zero-order valence-electron chi connectivity index (χ0n) is 12.5. The fourth-order valence-corrected chi connectivity index (χ4v) is 2.86. The molecule has 3 unspecified atom stereocenters. The first-order chi connectivity index (χ1) is 7.95. The summed E-state index contributed by atoms with van der Waals surface area (Å²) >= 11 is 0. The van der Waals surface area contributed by atoms with Gasteiger partial charge in [0.15, 0.2) is 0 Å². The quantitative estimate of drug-likeness (QED) is 0.763. The molecule has 1 aliphatic heterocycles. The maximum atomic E-state index is 3.58. The number of likely N-dealkylation sites (N-methyl/N-ethyl adjacent to an activating group) is 1. The van der Waals surface area contributed by atoms with E-state index in [0.29, 0.717) is 12.1 Å². The first-order valence-corrected chi connectivity index (χ1v) is 7.09. The van der Waals surface area contributed by atoms with Crippen molar-refractivity contribution in [2.45, 2.75) is 52.2 Å². The van der Waals surface area contributed by atoms with Gasteiger partial charge in [0.1, 0.15) is 0 Å². The van der Waals surface area contributed by atoms with Crippen LogP contribution >= 0.6 is 0 Å². The summed E-state index contributed by atoms with van der Waals surface area (Å²) in [6.07, 6.45) is 1.24. The lowest BCUT2D eigenvalue weighted by molar-refractivity contribution is 0.203. The van der Waals surface area contributed by atoms with Crippen molar-refractivity contribution in [3.63, 3.8) is 0 Å². The molecule has 0 bridgehead atoms. The van der Waals surface area contributed by atoms with Crippen molar-refractivity contribution in [2.24, 2.45) is 5.92 Å². The number of hydrogen-bond acceptors (Lipinski definition) is 3. The van der Waals surface area contributed by atoms with E-state index in [1.54, 1.807) is 0 Å². The number of rotatable bonds is 6. The van der Waals surface area contributed by atoms with Crippen LogP contribution in [0, 0.1) is 5.92 Å². The maximum absolute atomic E-state index is 3.58. The second kappa shape index (κ2) is 6.72. The average molecular weight is 241 g/mol. The minimum Gasteiger partial charge on any atom is -0.313 e. The van der Waals surface area contributed by atoms with Crippen molar-refractivity contribution in [3.05, 3.63) is 0 Å². The lowest BCUT2D eigenvalue weighted by Crippen LogP contribution is -2.43. The van der Waals surface area contributed by atoms with Gasteiger partial charge in [-0.1, -0.05) is 27.7 Å². The van der Waals surface area contributed by atoms with Crippen molar-refractivity contribution < 1.29 is 0 Å². The fourth-order valence-electron chi connectivity index (χ4n) is 2.86. The number of likely N-dealkylation sites (tertiary alicyclic amines) is 1. The second-order valence-electron chi connectivity index (χ2n) is 6.09. The molecule has 0 aromatic heterocycles. The number of hydrogen-bond donors (Lipinski definition) is 1. The molecule has 17 heavy (non-hydrogen) atoms. The first-order valence-electron chi connectivity index (χ1n) is 7.09. The van der Waals surface area contributed by atoms with Gasteiger partial charge >= 0.3 is 0 Å². The third-order valence-electron chi connectivity index (χ3n) is 4.01. The van der Waals surface area contributed by atoms with Crippen LogP contribution in [-0.2, 0) is 0 Å². The molecule has 0 radical (unpaired) electrons. The Labute approximate surface area is 108 Å². The zero-order valence-corrected chi connectivity index (χ0v) is 12.5. The van der Waals surface area contributed by atoms with Crippen molar-refractivity contribution >= 4 is 0 Å². The maximum Gasteiger partial charge on any atom is 0.0254 e. The summed E-state index contributed by atoms with van der Waals surface area (Å²) in [5.74, 6) is 0.790. The van der Waals surface area contributed by atoms with Gasteiger partial charge in [0.25, 0.3) is 0 Å². The summed E-state index contributed by atoms with van der Waals surface area (Å²) in [5.41, 5.74) is 0. The molecule has 0 saturated carbocycles. The molecule has 1 saturated heterocycles. The molecule has 3 atom stereocenters. The van der Waals surface area contributed by atoms with E-state index in [4.69, 9.17) is 0 Å². The first kappa shape index (κ1) is 14.9. The lowest BCUT2D eigenvalue weighted by Gasteiger charge is -2.28. The van der Waals surface area contributed by atoms with E-state index in [-0.39, 0.29) is 0 Å². The van der Waals surface area contributed by atoms with Crippen LogP contribution in [0.3, 0.4) is 0 Å². The lowest BCUT2D eigenvalue weighted by atomic mass is 10.1. The van der Waals surface area contributed by atoms with Crippen LogP contribution in [0.2, 0.25) is 0 Å². The Morgan fingerprint density at radius 2 is 1.94 bits per heavy atom. The highest BCUT2D eigenvalue weighted by Gasteiger charge is 2.33. The van der Waals surface area contributed by atoms with Crippen molar-refractivity contribution in [3.8, 4) is 0 Å². The summed E-state index contributed by atoms with van der Waals surface area (Å²) in [4.78, 5) is 5.05. The van der Waals surface area contributed by atoms with Crippen LogP contribution in [-0.4, -0.2) is 61.7 Å². The SMILES string of the molecule is CCC(CNC(C)C)N1CC(C)C(N(C)C)C1. The molecular formula is C14H31N3. The molecular weight excluding hydrogens is 210 g/mol. The minimum atomic E-state index is 0.591. The molecule has 1 aliphatic rings. The third-order valence-corrected chi connectivity index (χ3v) is 4.01. The summed E-state index contributed by atoms with van der Waals surface area (Å²) in [7, 11) is 4.41. The van der Waals surface area contributed by atoms with Crippen LogP contribution in [0.15, 0.2) is 0 Å². The Morgan fingerprint density at radius 1 is 1.29 bits per heavy atom. The molecule has 0 spiro atoms. The van der Waals surface area contributed by atoms with Crippen LogP contribution in [0.1, 0.15) is 34.1 Å². The standard InChI is InChI=1S/C14H31N3/c1-7-13(8-15-11(2)3)17-9-12(4)14(10-17)16(5)6/h11-15H,7-10H2,1-6H3. The molecule has 3 heteroatoms. The Hall–Kier alpha value is -0.120. The smallest absolute Gasteiger partial charge is 0.0254 e. The average Bonchev–Trinajstić information content (AvgIpc) is 2.61. The third kappa shape index (κ3) is 4.23. The van der Waals surface area contributed by atoms with Crippen LogP contribution in [0.25, 0.3) is 0 Å². The predicted molar refractivity (Wildman–Crippen MR) is 75.4 cm³/mol. The molecule has 1 rings (SSSR count). The fraction of sp³-hybridized carbons (Fsp3) is 1.00. The van der Waals surface area contributed by atoms with Gasteiger partial charge in [-0.05, 0) is 26.4 Å². The van der Waals surface area contributed by atoms with Gasteiger partial charge in [-0.25, -0.2) is 0 Å².